The number of benzene rings is 1. The molecule has 2 N–H and O–H groups in total. The Hall–Kier alpha value is -2.63. The Bertz CT molecular complexity index is 1040. The van der Waals surface area contributed by atoms with Crippen LogP contribution in [0.15, 0.2) is 34.8 Å². The van der Waals surface area contributed by atoms with Crippen LogP contribution in [0.4, 0.5) is 5.13 Å². The van der Waals surface area contributed by atoms with Crippen molar-refractivity contribution in [2.45, 2.75) is 26.4 Å². The second-order valence-electron chi connectivity index (χ2n) is 6.71. The fourth-order valence-corrected chi connectivity index (χ4v) is 3.77. The number of oxime groups is 1. The van der Waals surface area contributed by atoms with Crippen molar-refractivity contribution in [2.75, 3.05) is 12.3 Å². The first kappa shape index (κ1) is 21.1. The summed E-state index contributed by atoms with van der Waals surface area (Å²) in [6.45, 7) is 4.90. The molecule has 11 heteroatoms. The number of rotatable bonds is 6. The maximum atomic E-state index is 11.8. The number of anilines is 1. The van der Waals surface area contributed by atoms with Gasteiger partial charge in [0.1, 0.15) is 11.3 Å². The van der Waals surface area contributed by atoms with E-state index in [0.717, 1.165) is 10.2 Å². The summed E-state index contributed by atoms with van der Waals surface area (Å²) < 4.78 is 11.8. The molecule has 0 unspecified atom stereocenters. The van der Waals surface area contributed by atoms with Gasteiger partial charge in [0.05, 0.1) is 10.2 Å². The summed E-state index contributed by atoms with van der Waals surface area (Å²) in [5.41, 5.74) is 6.40. The largest absolute Gasteiger partial charge is 0.457 e. The summed E-state index contributed by atoms with van der Waals surface area (Å²) in [5, 5.41) is 6.30. The van der Waals surface area contributed by atoms with Gasteiger partial charge in [-0.15, -0.1) is 11.3 Å². The molecule has 0 saturated carbocycles. The SMILES string of the molecule is CC(C)(C)OC(=O)CO/N=C(\C(=S)Oc1nc2ccccc2s1)c1csc(N)n1. The number of thiazole rings is 2. The second-order valence-corrected chi connectivity index (χ2v) is 8.96. The molecule has 0 aliphatic carbocycles. The Morgan fingerprint density at radius 2 is 2.03 bits per heavy atom. The summed E-state index contributed by atoms with van der Waals surface area (Å²) in [4.78, 5) is 25.5. The van der Waals surface area contributed by atoms with Crippen molar-refractivity contribution in [2.24, 2.45) is 5.16 Å². The molecule has 0 atom stereocenters. The Kier molecular flexibility index (Phi) is 6.40. The molecule has 0 fully saturated rings. The molecule has 0 aliphatic rings. The number of nitrogens with two attached hydrogens (primary N) is 1. The number of fused-ring (bicyclic) bond motifs is 1. The minimum absolute atomic E-state index is 0.00135. The maximum absolute atomic E-state index is 11.8. The highest BCUT2D eigenvalue weighted by Crippen LogP contribution is 2.28. The Morgan fingerprint density at radius 1 is 1.28 bits per heavy atom. The molecule has 2 heterocycles. The highest BCUT2D eigenvalue weighted by atomic mass is 32.1. The number of esters is 1. The van der Waals surface area contributed by atoms with E-state index in [9.17, 15) is 4.79 Å². The number of hydrogen-bond acceptors (Lipinski definition) is 11. The zero-order valence-corrected chi connectivity index (χ0v) is 18.3. The Morgan fingerprint density at radius 3 is 2.69 bits per heavy atom. The van der Waals surface area contributed by atoms with E-state index in [4.69, 9.17) is 32.3 Å². The van der Waals surface area contributed by atoms with Gasteiger partial charge in [0.15, 0.2) is 10.8 Å². The van der Waals surface area contributed by atoms with Gasteiger partial charge in [-0.05, 0) is 45.1 Å². The van der Waals surface area contributed by atoms with Crippen molar-refractivity contribution in [3.8, 4) is 5.19 Å². The highest BCUT2D eigenvalue weighted by molar-refractivity contribution is 7.81. The van der Waals surface area contributed by atoms with E-state index in [0.29, 0.717) is 16.0 Å². The lowest BCUT2D eigenvalue weighted by Gasteiger charge is -2.18. The van der Waals surface area contributed by atoms with Crippen LogP contribution in [0.1, 0.15) is 26.5 Å². The number of aromatic nitrogens is 2. The minimum Gasteiger partial charge on any atom is -0.457 e. The third kappa shape index (κ3) is 5.92. The van der Waals surface area contributed by atoms with Crippen LogP contribution in [0.2, 0.25) is 0 Å². The van der Waals surface area contributed by atoms with E-state index in [-0.39, 0.29) is 17.4 Å². The topological polar surface area (TPSA) is 109 Å². The third-order valence-electron chi connectivity index (χ3n) is 3.17. The predicted octanol–water partition coefficient (Wildman–Crippen LogP) is 3.80. The van der Waals surface area contributed by atoms with E-state index in [2.05, 4.69) is 15.1 Å². The molecule has 0 aliphatic heterocycles. The van der Waals surface area contributed by atoms with Crippen LogP contribution in [-0.2, 0) is 14.4 Å². The van der Waals surface area contributed by atoms with Crippen LogP contribution in [-0.4, -0.2) is 38.9 Å². The normalized spacial score (nSPS) is 12.0. The van der Waals surface area contributed by atoms with Gasteiger partial charge in [-0.2, -0.15) is 0 Å². The van der Waals surface area contributed by atoms with Crippen molar-refractivity contribution in [3.63, 3.8) is 0 Å². The lowest BCUT2D eigenvalue weighted by Crippen LogP contribution is -2.26. The van der Waals surface area contributed by atoms with Crippen molar-refractivity contribution in [3.05, 3.63) is 35.3 Å². The fraction of sp³-hybridized carbons (Fsp3) is 0.278. The number of carbonyl (C=O) groups is 1. The summed E-state index contributed by atoms with van der Waals surface area (Å²) in [7, 11) is 0. The molecule has 3 aromatic rings. The van der Waals surface area contributed by atoms with Gasteiger partial charge in [-0.3, -0.25) is 0 Å². The molecule has 152 valence electrons. The number of nitrogen functional groups attached to an aromatic ring is 1. The van der Waals surface area contributed by atoms with Crippen molar-refractivity contribution in [1.29, 1.82) is 0 Å². The summed E-state index contributed by atoms with van der Waals surface area (Å²) in [6, 6.07) is 7.61. The van der Waals surface area contributed by atoms with E-state index in [1.807, 2.05) is 24.3 Å². The quantitative estimate of drug-likeness (QED) is 0.261. The Labute approximate surface area is 180 Å². The van der Waals surface area contributed by atoms with Crippen LogP contribution in [0.5, 0.6) is 5.19 Å². The van der Waals surface area contributed by atoms with E-state index in [1.54, 1.807) is 26.2 Å². The monoisotopic (exact) mass is 450 g/mol. The Balaban J connectivity index is 1.75. The number of thiocarbonyl (C=S) groups is 1. The lowest BCUT2D eigenvalue weighted by atomic mass is 10.2. The second kappa shape index (κ2) is 8.80. The number of para-hydroxylation sites is 1. The summed E-state index contributed by atoms with van der Waals surface area (Å²) >= 11 is 7.92. The molecule has 0 amide bonds. The number of hydrogen-bond donors (Lipinski definition) is 1. The van der Waals surface area contributed by atoms with Gasteiger partial charge in [-0.25, -0.2) is 14.8 Å². The van der Waals surface area contributed by atoms with Gasteiger partial charge in [-0.1, -0.05) is 28.6 Å². The van der Waals surface area contributed by atoms with Crippen LogP contribution < -0.4 is 10.5 Å². The molecule has 0 bridgehead atoms. The van der Waals surface area contributed by atoms with Crippen molar-refractivity contribution in [1.82, 2.24) is 9.97 Å². The molecule has 8 nitrogen and oxygen atoms in total. The summed E-state index contributed by atoms with van der Waals surface area (Å²) in [6.07, 6.45) is 0. The van der Waals surface area contributed by atoms with E-state index < -0.39 is 11.6 Å². The zero-order valence-electron chi connectivity index (χ0n) is 15.9. The van der Waals surface area contributed by atoms with E-state index in [1.165, 1.54) is 22.7 Å². The predicted molar refractivity (Wildman–Crippen MR) is 118 cm³/mol. The third-order valence-corrected chi connectivity index (χ3v) is 5.04. The molecule has 3 rings (SSSR count). The molecular weight excluding hydrogens is 432 g/mol. The minimum atomic E-state index is -0.623. The maximum Gasteiger partial charge on any atom is 0.347 e. The van der Waals surface area contributed by atoms with Crippen LogP contribution in [0, 0.1) is 0 Å². The first-order valence-corrected chi connectivity index (χ1v) is 10.5. The molecule has 0 saturated heterocycles. The highest BCUT2D eigenvalue weighted by Gasteiger charge is 2.20. The standard InChI is InChI=1S/C18H18N4O4S3/c1-18(2,3)26-13(23)8-24-22-14(11-9-28-16(19)20-11)15(27)25-17-21-10-6-4-5-7-12(10)29-17/h4-7,9H,8H2,1-3H3,(H2,19,20)/b22-14-. The van der Waals surface area contributed by atoms with Crippen LogP contribution >= 0.6 is 34.9 Å². The van der Waals surface area contributed by atoms with Crippen LogP contribution in [0.3, 0.4) is 0 Å². The van der Waals surface area contributed by atoms with Gasteiger partial charge < -0.3 is 20.0 Å². The van der Waals surface area contributed by atoms with Gasteiger partial charge in [0.2, 0.25) is 11.7 Å². The van der Waals surface area contributed by atoms with Gasteiger partial charge >= 0.3 is 5.97 Å². The molecular formula is C18H18N4O4S3. The number of ether oxygens (including phenoxy) is 2. The lowest BCUT2D eigenvalue weighted by molar-refractivity contribution is -0.160. The molecule has 0 spiro atoms. The van der Waals surface area contributed by atoms with E-state index >= 15 is 0 Å². The average molecular weight is 451 g/mol. The number of carbonyl (C=O) groups excluding carboxylic acids is 1. The molecule has 2 aromatic heterocycles. The van der Waals surface area contributed by atoms with Gasteiger partial charge in [0, 0.05) is 5.38 Å². The molecule has 29 heavy (non-hydrogen) atoms. The smallest absolute Gasteiger partial charge is 0.347 e. The van der Waals surface area contributed by atoms with Gasteiger partial charge in [0.25, 0.3) is 5.19 Å². The van der Waals surface area contributed by atoms with Crippen LogP contribution in [0.25, 0.3) is 10.2 Å². The fourth-order valence-electron chi connectivity index (χ4n) is 2.13. The average Bonchev–Trinajstić information content (AvgIpc) is 3.22. The first-order chi connectivity index (χ1) is 13.7. The molecule has 1 aromatic carbocycles. The number of nitrogens with zero attached hydrogens (tertiary/aromatic N) is 3. The molecule has 0 radical (unpaired) electrons. The first-order valence-electron chi connectivity index (χ1n) is 8.42. The zero-order chi connectivity index (χ0) is 21.0. The van der Waals surface area contributed by atoms with Crippen molar-refractivity contribution < 1.29 is 19.1 Å². The van der Waals surface area contributed by atoms with Crippen molar-refractivity contribution >= 4 is 67.0 Å². The summed E-state index contributed by atoms with van der Waals surface area (Å²) in [5.74, 6) is -0.559.